The summed E-state index contributed by atoms with van der Waals surface area (Å²) in [6.07, 6.45) is 6.90. The number of benzene rings is 1. The van der Waals surface area contributed by atoms with E-state index in [2.05, 4.69) is 60.6 Å². The van der Waals surface area contributed by atoms with E-state index in [9.17, 15) is 4.79 Å². The van der Waals surface area contributed by atoms with E-state index in [-0.39, 0.29) is 10.8 Å². The predicted molar refractivity (Wildman–Crippen MR) is 119 cm³/mol. The number of hydrogen-bond donors (Lipinski definition) is 1. The lowest BCUT2D eigenvalue weighted by Gasteiger charge is -2.29. The van der Waals surface area contributed by atoms with Crippen LogP contribution in [0.1, 0.15) is 79.0 Å². The number of carbonyl (C=O) groups is 1. The highest BCUT2D eigenvalue weighted by Gasteiger charge is 2.26. The second kappa shape index (κ2) is 9.27. The average Bonchev–Trinajstić information content (AvgIpc) is 2.52. The van der Waals surface area contributed by atoms with E-state index in [1.165, 1.54) is 17.2 Å². The maximum atomic E-state index is 10.8. The van der Waals surface area contributed by atoms with Crippen LogP contribution in [-0.4, -0.2) is 17.7 Å². The fraction of sp³-hybridized carbons (Fsp3) is 0.480. The number of hydrogen-bond acceptors (Lipinski definition) is 2. The van der Waals surface area contributed by atoms with Gasteiger partial charge in [-0.05, 0) is 54.4 Å². The first-order chi connectivity index (χ1) is 12.8. The Morgan fingerprint density at radius 1 is 1.07 bits per heavy atom. The van der Waals surface area contributed by atoms with Crippen LogP contribution in [0.3, 0.4) is 0 Å². The van der Waals surface area contributed by atoms with Gasteiger partial charge in [0, 0.05) is 17.2 Å². The molecule has 0 fully saturated rings. The molecule has 0 amide bonds. The molecular formula is C25H36O3. The van der Waals surface area contributed by atoms with Crippen LogP contribution in [0.5, 0.6) is 5.75 Å². The molecule has 154 valence electrons. The number of carboxylic acids is 1. The summed E-state index contributed by atoms with van der Waals surface area (Å²) in [6, 6.07) is 4.50. The second-order valence-corrected chi connectivity index (χ2v) is 9.27. The Kier molecular flexibility index (Phi) is 7.86. The quantitative estimate of drug-likeness (QED) is 0.440. The summed E-state index contributed by atoms with van der Waals surface area (Å²) < 4.78 is 6.11. The van der Waals surface area contributed by atoms with Gasteiger partial charge >= 0.3 is 5.97 Å². The molecule has 1 rings (SSSR count). The standard InChI is InChI=1S/C25H36O3/c1-10-28-23-20(18(3)13-11-12-17(2)14-22(26)27)15-19(24(4,5)6)16-21(23)25(7,8)9/h11-16H,10H2,1-9H3,(H,26,27)/b12-11+,17-14-,18-13+. The van der Waals surface area contributed by atoms with Crippen molar-refractivity contribution in [2.24, 2.45) is 0 Å². The van der Waals surface area contributed by atoms with Crippen molar-refractivity contribution in [2.45, 2.75) is 73.1 Å². The highest BCUT2D eigenvalue weighted by Crippen LogP contribution is 2.41. The van der Waals surface area contributed by atoms with Crippen LogP contribution in [0.25, 0.3) is 5.57 Å². The molecule has 3 heteroatoms. The van der Waals surface area contributed by atoms with Gasteiger partial charge in [0.1, 0.15) is 5.75 Å². The van der Waals surface area contributed by atoms with Crippen LogP contribution in [0, 0.1) is 0 Å². The SMILES string of the molecule is CCOc1c(/C(C)=C/C=C/C(C)=C\C(=O)O)cc(C(C)(C)C)cc1C(C)(C)C. The number of rotatable bonds is 6. The van der Waals surface area contributed by atoms with Crippen LogP contribution in [0.4, 0.5) is 0 Å². The van der Waals surface area contributed by atoms with Crippen LogP contribution >= 0.6 is 0 Å². The molecule has 0 bridgehead atoms. The van der Waals surface area contributed by atoms with Gasteiger partial charge in [-0.1, -0.05) is 65.8 Å². The van der Waals surface area contributed by atoms with Crippen molar-refractivity contribution in [2.75, 3.05) is 6.61 Å². The highest BCUT2D eigenvalue weighted by molar-refractivity contribution is 5.81. The van der Waals surface area contributed by atoms with E-state index in [4.69, 9.17) is 9.84 Å². The maximum Gasteiger partial charge on any atom is 0.328 e. The Hall–Kier alpha value is -2.29. The zero-order chi connectivity index (χ0) is 21.7. The van der Waals surface area contributed by atoms with E-state index in [0.29, 0.717) is 12.2 Å². The Morgan fingerprint density at radius 3 is 2.14 bits per heavy atom. The molecule has 0 saturated carbocycles. The Bertz CT molecular complexity index is 794. The first-order valence-electron chi connectivity index (χ1n) is 9.85. The van der Waals surface area contributed by atoms with Gasteiger partial charge in [-0.25, -0.2) is 4.79 Å². The normalized spacial score (nSPS) is 13.9. The summed E-state index contributed by atoms with van der Waals surface area (Å²) in [5, 5.41) is 8.84. The van der Waals surface area contributed by atoms with E-state index in [0.717, 1.165) is 16.9 Å². The number of carboxylic acid groups (broad SMARTS) is 1. The second-order valence-electron chi connectivity index (χ2n) is 9.27. The summed E-state index contributed by atoms with van der Waals surface area (Å²) in [5.41, 5.74) is 5.32. The molecule has 0 saturated heterocycles. The Balaban J connectivity index is 3.59. The summed E-state index contributed by atoms with van der Waals surface area (Å²) in [7, 11) is 0. The van der Waals surface area contributed by atoms with E-state index in [1.54, 1.807) is 13.0 Å². The first kappa shape index (κ1) is 23.7. The molecule has 1 N–H and O–H groups in total. The van der Waals surface area contributed by atoms with E-state index >= 15 is 0 Å². The van der Waals surface area contributed by atoms with Crippen LogP contribution in [0.15, 0.2) is 42.0 Å². The molecule has 3 nitrogen and oxygen atoms in total. The highest BCUT2D eigenvalue weighted by atomic mass is 16.5. The first-order valence-corrected chi connectivity index (χ1v) is 9.85. The predicted octanol–water partition coefficient (Wildman–Crippen LogP) is 6.67. The van der Waals surface area contributed by atoms with E-state index in [1.807, 2.05) is 19.1 Å². The molecule has 0 aromatic heterocycles. The summed E-state index contributed by atoms with van der Waals surface area (Å²) in [6.45, 7) is 19.7. The lowest BCUT2D eigenvalue weighted by molar-refractivity contribution is -0.131. The summed E-state index contributed by atoms with van der Waals surface area (Å²) in [5.74, 6) is -0.00266. The molecule has 0 radical (unpaired) electrons. The molecular weight excluding hydrogens is 348 g/mol. The molecule has 0 heterocycles. The fourth-order valence-electron chi connectivity index (χ4n) is 2.89. The zero-order valence-corrected chi connectivity index (χ0v) is 18.9. The molecule has 0 aliphatic heterocycles. The summed E-state index contributed by atoms with van der Waals surface area (Å²) >= 11 is 0. The lowest BCUT2D eigenvalue weighted by atomic mass is 9.78. The van der Waals surface area contributed by atoms with Crippen molar-refractivity contribution < 1.29 is 14.6 Å². The topological polar surface area (TPSA) is 46.5 Å². The van der Waals surface area contributed by atoms with Gasteiger partial charge < -0.3 is 9.84 Å². The van der Waals surface area contributed by atoms with Crippen molar-refractivity contribution in [3.8, 4) is 5.75 Å². The third-order valence-corrected chi connectivity index (χ3v) is 4.53. The van der Waals surface area contributed by atoms with Gasteiger partial charge in [0.15, 0.2) is 0 Å². The summed E-state index contributed by atoms with van der Waals surface area (Å²) in [4.78, 5) is 10.8. The number of aliphatic carboxylic acids is 1. The zero-order valence-electron chi connectivity index (χ0n) is 18.9. The molecule has 0 aliphatic carbocycles. The number of ether oxygens (including phenoxy) is 1. The molecule has 1 aromatic carbocycles. The molecule has 0 unspecified atom stereocenters. The van der Waals surface area contributed by atoms with Crippen molar-refractivity contribution in [3.63, 3.8) is 0 Å². The van der Waals surface area contributed by atoms with Crippen LogP contribution in [0.2, 0.25) is 0 Å². The van der Waals surface area contributed by atoms with Gasteiger partial charge in [-0.15, -0.1) is 0 Å². The minimum absolute atomic E-state index is 0.0242. The third-order valence-electron chi connectivity index (χ3n) is 4.53. The van der Waals surface area contributed by atoms with Gasteiger partial charge in [-0.3, -0.25) is 0 Å². The Labute approximate surface area is 170 Å². The minimum Gasteiger partial charge on any atom is -0.493 e. The molecule has 1 aromatic rings. The van der Waals surface area contributed by atoms with Gasteiger partial charge in [0.25, 0.3) is 0 Å². The number of allylic oxidation sites excluding steroid dienone is 5. The monoisotopic (exact) mass is 384 g/mol. The van der Waals surface area contributed by atoms with E-state index < -0.39 is 5.97 Å². The smallest absolute Gasteiger partial charge is 0.328 e. The fourth-order valence-corrected chi connectivity index (χ4v) is 2.89. The average molecular weight is 385 g/mol. The lowest BCUT2D eigenvalue weighted by Crippen LogP contribution is -2.19. The van der Waals surface area contributed by atoms with Crippen LogP contribution in [-0.2, 0) is 15.6 Å². The van der Waals surface area contributed by atoms with Crippen molar-refractivity contribution >= 4 is 11.5 Å². The van der Waals surface area contributed by atoms with Crippen molar-refractivity contribution in [3.05, 3.63) is 58.7 Å². The molecule has 28 heavy (non-hydrogen) atoms. The molecule has 0 atom stereocenters. The van der Waals surface area contributed by atoms with Crippen LogP contribution < -0.4 is 4.74 Å². The largest absolute Gasteiger partial charge is 0.493 e. The molecule has 0 aliphatic rings. The Morgan fingerprint density at radius 2 is 1.68 bits per heavy atom. The van der Waals surface area contributed by atoms with Gasteiger partial charge in [0.05, 0.1) is 6.61 Å². The molecule has 0 spiro atoms. The van der Waals surface area contributed by atoms with Crippen molar-refractivity contribution in [1.29, 1.82) is 0 Å². The van der Waals surface area contributed by atoms with Gasteiger partial charge in [-0.2, -0.15) is 0 Å². The third kappa shape index (κ3) is 6.70. The maximum absolute atomic E-state index is 10.8. The minimum atomic E-state index is -0.936. The van der Waals surface area contributed by atoms with Gasteiger partial charge in [0.2, 0.25) is 0 Å². The van der Waals surface area contributed by atoms with Crippen molar-refractivity contribution in [1.82, 2.24) is 0 Å².